The van der Waals surface area contributed by atoms with Gasteiger partial charge in [0, 0.05) is 12.6 Å². The van der Waals surface area contributed by atoms with E-state index in [4.69, 9.17) is 5.11 Å². The van der Waals surface area contributed by atoms with Crippen LogP contribution in [0.25, 0.3) is 0 Å². The Morgan fingerprint density at radius 3 is 2.65 bits per heavy atom. The lowest BCUT2D eigenvalue weighted by Gasteiger charge is -2.09. The van der Waals surface area contributed by atoms with Crippen LogP contribution in [0.2, 0.25) is 0 Å². The number of carboxylic acids is 1. The van der Waals surface area contributed by atoms with Crippen LogP contribution in [0.1, 0.15) is 11.1 Å². The molecule has 0 radical (unpaired) electrons. The number of hydrogen-bond donors (Lipinski definition) is 3. The third-order valence-corrected chi connectivity index (χ3v) is 2.34. The molecule has 3 N–H and O–H groups in total. The second-order valence-electron chi connectivity index (χ2n) is 3.50. The van der Waals surface area contributed by atoms with Crippen molar-refractivity contribution >= 4 is 11.7 Å². The van der Waals surface area contributed by atoms with Crippen LogP contribution in [0.5, 0.6) is 0 Å². The van der Waals surface area contributed by atoms with Gasteiger partial charge in [-0.05, 0) is 25.6 Å². The quantitative estimate of drug-likeness (QED) is 0.494. The molecule has 0 aliphatic carbocycles. The summed E-state index contributed by atoms with van der Waals surface area (Å²) in [5.74, 6) is -1.03. The van der Waals surface area contributed by atoms with Crippen LogP contribution < -0.4 is 10.7 Å². The fraction of sp³-hybridized carbons (Fsp3) is 0.333. The first-order chi connectivity index (χ1) is 8.20. The molecule has 0 aromatic heterocycles. The summed E-state index contributed by atoms with van der Waals surface area (Å²) < 4.78 is 0. The van der Waals surface area contributed by atoms with Crippen LogP contribution in [0, 0.1) is 0 Å². The Morgan fingerprint density at radius 2 is 2.06 bits per heavy atom. The first kappa shape index (κ1) is 13.2. The Bertz CT molecular complexity index is 416. The molecule has 0 saturated carbocycles. The van der Waals surface area contributed by atoms with E-state index in [1.54, 1.807) is 13.1 Å². The number of benzene rings is 1. The monoisotopic (exact) mass is 235 g/mol. The van der Waals surface area contributed by atoms with Crippen molar-refractivity contribution in [3.63, 3.8) is 0 Å². The average Bonchev–Trinajstić information content (AvgIpc) is 2.33. The van der Waals surface area contributed by atoms with Crippen molar-refractivity contribution in [2.75, 3.05) is 20.6 Å². The van der Waals surface area contributed by atoms with E-state index in [0.717, 1.165) is 18.5 Å². The maximum atomic E-state index is 11.1. The minimum atomic E-state index is -1.03. The topological polar surface area (TPSA) is 73.7 Å². The van der Waals surface area contributed by atoms with Crippen LogP contribution in [-0.4, -0.2) is 37.4 Å². The summed E-state index contributed by atoms with van der Waals surface area (Å²) in [5.41, 5.74) is 4.19. The predicted molar refractivity (Wildman–Crippen MR) is 67.3 cm³/mol. The molecule has 0 aliphatic rings. The summed E-state index contributed by atoms with van der Waals surface area (Å²) in [6, 6.07) is 7.40. The van der Waals surface area contributed by atoms with Gasteiger partial charge in [-0.15, -0.1) is 0 Å². The van der Waals surface area contributed by atoms with Crippen LogP contribution in [0.4, 0.5) is 0 Å². The zero-order valence-corrected chi connectivity index (χ0v) is 10.0. The standard InChI is InChI=1S/C12H17N3O2/c1-13-8-7-9-5-3-4-6-10(9)11(12(16)17)15-14-2/h3-6,13-14H,7-8H2,1-2H3,(H,16,17). The van der Waals surface area contributed by atoms with E-state index >= 15 is 0 Å². The minimum absolute atomic E-state index is 0.0409. The molecule has 0 amide bonds. The lowest BCUT2D eigenvalue weighted by Crippen LogP contribution is -2.21. The van der Waals surface area contributed by atoms with Gasteiger partial charge in [-0.3, -0.25) is 0 Å². The Hall–Kier alpha value is -1.88. The molecule has 0 bridgehead atoms. The molecular formula is C12H17N3O2. The van der Waals surface area contributed by atoms with E-state index < -0.39 is 5.97 Å². The molecule has 1 aromatic carbocycles. The van der Waals surface area contributed by atoms with Crippen molar-refractivity contribution in [1.29, 1.82) is 0 Å². The van der Waals surface area contributed by atoms with E-state index in [0.29, 0.717) is 5.56 Å². The summed E-state index contributed by atoms with van der Waals surface area (Å²) in [5, 5.41) is 16.0. The van der Waals surface area contributed by atoms with E-state index in [1.807, 2.05) is 25.2 Å². The summed E-state index contributed by atoms with van der Waals surface area (Å²) >= 11 is 0. The molecule has 0 unspecified atom stereocenters. The summed E-state index contributed by atoms with van der Waals surface area (Å²) in [6.45, 7) is 0.795. The SMILES string of the molecule is CNCCc1ccccc1C(=NNC)C(=O)O. The highest BCUT2D eigenvalue weighted by Gasteiger charge is 2.15. The molecule has 5 nitrogen and oxygen atoms in total. The van der Waals surface area contributed by atoms with Gasteiger partial charge in [0.1, 0.15) is 0 Å². The first-order valence-corrected chi connectivity index (χ1v) is 5.41. The maximum absolute atomic E-state index is 11.1. The molecule has 17 heavy (non-hydrogen) atoms. The highest BCUT2D eigenvalue weighted by Crippen LogP contribution is 2.11. The van der Waals surface area contributed by atoms with Crippen LogP contribution >= 0.6 is 0 Å². The summed E-state index contributed by atoms with van der Waals surface area (Å²) in [4.78, 5) is 11.1. The largest absolute Gasteiger partial charge is 0.476 e. The molecule has 0 atom stereocenters. The Kier molecular flexibility index (Phi) is 5.16. The zero-order chi connectivity index (χ0) is 12.7. The number of carbonyl (C=O) groups is 1. The molecule has 1 rings (SSSR count). The second kappa shape index (κ2) is 6.65. The van der Waals surface area contributed by atoms with Gasteiger partial charge in [0.2, 0.25) is 0 Å². The Balaban J connectivity index is 3.09. The number of hydrazone groups is 1. The van der Waals surface area contributed by atoms with Gasteiger partial charge < -0.3 is 15.8 Å². The molecular weight excluding hydrogens is 218 g/mol. The molecule has 92 valence electrons. The second-order valence-corrected chi connectivity index (χ2v) is 3.50. The normalized spacial score (nSPS) is 11.3. The molecule has 0 spiro atoms. The molecule has 0 fully saturated rings. The van der Waals surface area contributed by atoms with Crippen molar-refractivity contribution in [3.8, 4) is 0 Å². The average molecular weight is 235 g/mol. The van der Waals surface area contributed by atoms with Crippen LogP contribution in [0.3, 0.4) is 0 Å². The number of rotatable bonds is 6. The lowest BCUT2D eigenvalue weighted by molar-refractivity contribution is -0.129. The number of likely N-dealkylation sites (N-methyl/N-ethyl adjacent to an activating group) is 1. The first-order valence-electron chi connectivity index (χ1n) is 5.41. The fourth-order valence-electron chi connectivity index (χ4n) is 1.56. The van der Waals surface area contributed by atoms with Crippen LogP contribution in [0.15, 0.2) is 29.4 Å². The molecule has 5 heteroatoms. The number of carboxylic acid groups (broad SMARTS) is 1. The number of hydrogen-bond acceptors (Lipinski definition) is 4. The number of nitrogens with zero attached hydrogens (tertiary/aromatic N) is 1. The molecule has 0 heterocycles. The summed E-state index contributed by atoms with van der Waals surface area (Å²) in [6.07, 6.45) is 0.767. The van der Waals surface area contributed by atoms with Crippen molar-refractivity contribution in [2.45, 2.75) is 6.42 Å². The predicted octanol–water partition coefficient (Wildman–Crippen LogP) is 0.457. The van der Waals surface area contributed by atoms with E-state index in [9.17, 15) is 4.79 Å². The van der Waals surface area contributed by atoms with Crippen molar-refractivity contribution in [3.05, 3.63) is 35.4 Å². The lowest BCUT2D eigenvalue weighted by atomic mass is 10.0. The van der Waals surface area contributed by atoms with Gasteiger partial charge in [-0.2, -0.15) is 5.10 Å². The van der Waals surface area contributed by atoms with Gasteiger partial charge >= 0.3 is 5.97 Å². The Labute approximate surface area is 101 Å². The van der Waals surface area contributed by atoms with E-state index in [2.05, 4.69) is 15.8 Å². The van der Waals surface area contributed by atoms with Gasteiger partial charge in [-0.1, -0.05) is 24.3 Å². The van der Waals surface area contributed by atoms with E-state index in [-0.39, 0.29) is 5.71 Å². The highest BCUT2D eigenvalue weighted by atomic mass is 16.4. The molecule has 0 saturated heterocycles. The number of aliphatic carboxylic acids is 1. The van der Waals surface area contributed by atoms with Gasteiger partial charge in [0.15, 0.2) is 5.71 Å². The van der Waals surface area contributed by atoms with Crippen molar-refractivity contribution in [1.82, 2.24) is 10.7 Å². The van der Waals surface area contributed by atoms with Crippen molar-refractivity contribution < 1.29 is 9.90 Å². The third kappa shape index (κ3) is 3.57. The number of nitrogens with one attached hydrogen (secondary N) is 2. The van der Waals surface area contributed by atoms with Crippen molar-refractivity contribution in [2.24, 2.45) is 5.10 Å². The molecule has 1 aromatic rings. The maximum Gasteiger partial charge on any atom is 0.356 e. The van der Waals surface area contributed by atoms with Gasteiger partial charge in [0.25, 0.3) is 0 Å². The van der Waals surface area contributed by atoms with Gasteiger partial charge in [-0.25, -0.2) is 4.79 Å². The van der Waals surface area contributed by atoms with E-state index in [1.165, 1.54) is 0 Å². The van der Waals surface area contributed by atoms with Gasteiger partial charge in [0.05, 0.1) is 0 Å². The fourth-order valence-corrected chi connectivity index (χ4v) is 1.56. The smallest absolute Gasteiger partial charge is 0.356 e. The molecule has 0 aliphatic heterocycles. The minimum Gasteiger partial charge on any atom is -0.476 e. The zero-order valence-electron chi connectivity index (χ0n) is 10.0. The third-order valence-electron chi connectivity index (χ3n) is 2.34. The van der Waals surface area contributed by atoms with Crippen LogP contribution in [-0.2, 0) is 11.2 Å². The highest BCUT2D eigenvalue weighted by molar-refractivity contribution is 6.42. The Morgan fingerprint density at radius 1 is 1.35 bits per heavy atom. The summed E-state index contributed by atoms with van der Waals surface area (Å²) in [7, 11) is 3.45.